The summed E-state index contributed by atoms with van der Waals surface area (Å²) in [6.07, 6.45) is 10.6. The third-order valence-corrected chi connectivity index (χ3v) is 11.0. The predicted molar refractivity (Wildman–Crippen MR) is 188 cm³/mol. The summed E-state index contributed by atoms with van der Waals surface area (Å²) in [4.78, 5) is 16.0. The number of aromatic nitrogens is 5. The molecule has 2 aliphatic carbocycles. The van der Waals surface area contributed by atoms with Gasteiger partial charge in [-0.15, -0.1) is 0 Å². The molecule has 0 radical (unpaired) electrons. The Morgan fingerprint density at radius 3 is 2.61 bits per heavy atom. The summed E-state index contributed by atoms with van der Waals surface area (Å²) in [6.45, 7) is 5.33. The quantitative estimate of drug-likeness (QED) is 0.170. The van der Waals surface area contributed by atoms with Crippen LogP contribution >= 0.6 is 0 Å². The summed E-state index contributed by atoms with van der Waals surface area (Å²) in [7, 11) is -3.48. The van der Waals surface area contributed by atoms with Gasteiger partial charge in [0.1, 0.15) is 11.6 Å². The minimum atomic E-state index is -3.48. The fourth-order valence-electron chi connectivity index (χ4n) is 5.99. The lowest BCUT2D eigenvalue weighted by atomic mass is 9.93. The van der Waals surface area contributed by atoms with E-state index in [2.05, 4.69) is 64.9 Å². The van der Waals surface area contributed by atoms with Gasteiger partial charge in [-0.25, -0.2) is 23.4 Å². The molecule has 4 aromatic rings. The molecule has 1 saturated heterocycles. The molecule has 256 valence electrons. The van der Waals surface area contributed by atoms with Crippen molar-refractivity contribution in [2.45, 2.75) is 55.9 Å². The van der Waals surface area contributed by atoms with Crippen LogP contribution in [0.2, 0.25) is 0 Å². The molecule has 0 atom stereocenters. The van der Waals surface area contributed by atoms with Gasteiger partial charge in [-0.3, -0.25) is 4.90 Å². The van der Waals surface area contributed by atoms with Crippen LogP contribution in [0.4, 0.5) is 23.0 Å². The second-order valence-electron chi connectivity index (χ2n) is 12.7. The molecule has 13 nitrogen and oxygen atoms in total. The van der Waals surface area contributed by atoms with Gasteiger partial charge in [0.05, 0.1) is 53.8 Å². The van der Waals surface area contributed by atoms with Crippen LogP contribution in [-0.2, 0) is 14.8 Å². The molecule has 0 amide bonds. The van der Waals surface area contributed by atoms with E-state index in [-0.39, 0.29) is 17.4 Å². The van der Waals surface area contributed by atoms with Gasteiger partial charge in [-0.2, -0.15) is 9.19 Å². The van der Waals surface area contributed by atoms with Crippen LogP contribution in [0.25, 0.3) is 11.4 Å². The van der Waals surface area contributed by atoms with Crippen LogP contribution in [0, 0.1) is 11.8 Å². The van der Waals surface area contributed by atoms with Crippen LogP contribution in [0.1, 0.15) is 49.7 Å². The highest BCUT2D eigenvalue weighted by atomic mass is 32.2. The molecule has 3 fully saturated rings. The molecule has 49 heavy (non-hydrogen) atoms. The van der Waals surface area contributed by atoms with Gasteiger partial charge >= 0.3 is 0 Å². The number of morpholine rings is 1. The number of aliphatic hydroxyl groups excluding tert-OH is 1. The van der Waals surface area contributed by atoms with Crippen LogP contribution < -0.4 is 16.0 Å². The lowest BCUT2D eigenvalue weighted by Gasteiger charge is -2.27. The van der Waals surface area contributed by atoms with Crippen molar-refractivity contribution in [3.8, 4) is 23.2 Å². The first-order valence-electron chi connectivity index (χ1n) is 16.9. The van der Waals surface area contributed by atoms with Gasteiger partial charge in [-0.1, -0.05) is 17.9 Å². The first-order valence-corrected chi connectivity index (χ1v) is 18.4. The highest BCUT2D eigenvalue weighted by molar-refractivity contribution is 7.90. The number of nitrogens with zero attached hydrogens (tertiary/aromatic N) is 6. The Hall–Kier alpha value is -4.55. The zero-order valence-electron chi connectivity index (χ0n) is 27.3. The normalized spacial score (nSPS) is 19.9. The molecule has 0 unspecified atom stereocenters. The average Bonchev–Trinajstić information content (AvgIpc) is 3.87. The van der Waals surface area contributed by atoms with Crippen LogP contribution in [0.3, 0.4) is 0 Å². The van der Waals surface area contributed by atoms with Crippen molar-refractivity contribution < 1.29 is 18.3 Å². The second kappa shape index (κ2) is 14.9. The number of benzene rings is 1. The fraction of sp³-hybridized carbons (Fsp3) is 0.429. The van der Waals surface area contributed by atoms with E-state index in [4.69, 9.17) is 4.74 Å². The molecule has 7 rings (SSSR count). The summed E-state index contributed by atoms with van der Waals surface area (Å²) < 4.78 is 31.7. The van der Waals surface area contributed by atoms with Crippen molar-refractivity contribution >= 4 is 33.0 Å². The van der Waals surface area contributed by atoms with Crippen molar-refractivity contribution in [1.29, 1.82) is 0 Å². The smallest absolute Gasteiger partial charge is 0.256 e. The van der Waals surface area contributed by atoms with Gasteiger partial charge in [-0.05, 0) is 62.8 Å². The largest absolute Gasteiger partial charge is 0.393 e. The van der Waals surface area contributed by atoms with E-state index in [1.807, 2.05) is 18.2 Å². The molecular formula is C35H41N9O4S. The average molecular weight is 684 g/mol. The fourth-order valence-corrected chi connectivity index (χ4v) is 7.47. The Morgan fingerprint density at radius 1 is 0.959 bits per heavy atom. The summed E-state index contributed by atoms with van der Waals surface area (Å²) in [6, 6.07) is 12.0. The van der Waals surface area contributed by atoms with Crippen molar-refractivity contribution in [3.05, 3.63) is 72.3 Å². The van der Waals surface area contributed by atoms with E-state index < -0.39 is 10.0 Å². The Balaban J connectivity index is 1.07. The Kier molecular flexibility index (Phi) is 10.0. The summed E-state index contributed by atoms with van der Waals surface area (Å²) in [5.74, 6) is 8.05. The SMILES string of the molecule is O=S(=O)(C1CC1)n1cc(-c2nccc(Nc3cc(NC4CCC(O)CC4)c(C#Cc4cccc(NCCN5CCOCC5)c4)cn3)n2)cn1. The number of pyridine rings is 1. The lowest BCUT2D eigenvalue weighted by Crippen LogP contribution is -2.39. The molecule has 14 heteroatoms. The van der Waals surface area contributed by atoms with E-state index >= 15 is 0 Å². The summed E-state index contributed by atoms with van der Waals surface area (Å²) in [5.41, 5.74) is 4.02. The van der Waals surface area contributed by atoms with Crippen molar-refractivity contribution in [2.24, 2.45) is 0 Å². The first kappa shape index (κ1) is 33.0. The standard InChI is InChI=1S/C35H41N9O4S/c45-30-8-6-28(7-9-30)40-32-21-34(41-33-12-13-37-35(42-33)27-23-39-44(24-27)49(46,47)31-10-11-31)38-22-26(32)5-4-25-2-1-3-29(20-25)36-14-15-43-16-18-48-19-17-43/h1-3,12-13,20-24,28,30-31,36,45H,6-11,14-19H2,(H2,37,38,40,41,42). The number of anilines is 4. The Labute approximate surface area is 286 Å². The monoisotopic (exact) mass is 683 g/mol. The Morgan fingerprint density at radius 2 is 1.80 bits per heavy atom. The Bertz CT molecular complexity index is 1920. The van der Waals surface area contributed by atoms with Gasteiger partial charge < -0.3 is 25.8 Å². The number of ether oxygens (including phenoxy) is 1. The number of hydrogen-bond donors (Lipinski definition) is 4. The van der Waals surface area contributed by atoms with Gasteiger partial charge in [0.2, 0.25) is 0 Å². The molecule has 2 saturated carbocycles. The van der Waals surface area contributed by atoms with Crippen LogP contribution in [-0.4, -0.2) is 99.4 Å². The van der Waals surface area contributed by atoms with E-state index in [1.165, 1.54) is 12.4 Å². The van der Waals surface area contributed by atoms with E-state index in [0.717, 1.165) is 91.7 Å². The van der Waals surface area contributed by atoms with E-state index in [1.54, 1.807) is 18.5 Å². The molecular weight excluding hydrogens is 643 g/mol. The molecule has 0 bridgehead atoms. The molecule has 4 N–H and O–H groups in total. The second-order valence-corrected chi connectivity index (χ2v) is 14.8. The number of aliphatic hydroxyl groups is 1. The maximum Gasteiger partial charge on any atom is 0.256 e. The molecule has 3 aromatic heterocycles. The third kappa shape index (κ3) is 8.55. The predicted octanol–water partition coefficient (Wildman–Crippen LogP) is 3.68. The van der Waals surface area contributed by atoms with Crippen LogP contribution in [0.5, 0.6) is 0 Å². The lowest BCUT2D eigenvalue weighted by molar-refractivity contribution is 0.0398. The maximum absolute atomic E-state index is 12.6. The molecule has 3 aliphatic rings. The van der Waals surface area contributed by atoms with Crippen molar-refractivity contribution in [2.75, 3.05) is 55.3 Å². The number of nitrogens with one attached hydrogen (secondary N) is 3. The van der Waals surface area contributed by atoms with Crippen molar-refractivity contribution in [3.63, 3.8) is 0 Å². The topological polar surface area (TPSA) is 159 Å². The van der Waals surface area contributed by atoms with E-state index in [9.17, 15) is 13.5 Å². The molecule has 1 aliphatic heterocycles. The third-order valence-electron chi connectivity index (χ3n) is 8.96. The summed E-state index contributed by atoms with van der Waals surface area (Å²) >= 11 is 0. The molecule has 0 spiro atoms. The highest BCUT2D eigenvalue weighted by Crippen LogP contribution is 2.31. The minimum Gasteiger partial charge on any atom is -0.393 e. The zero-order chi connectivity index (χ0) is 33.6. The highest BCUT2D eigenvalue weighted by Gasteiger charge is 2.37. The van der Waals surface area contributed by atoms with Gasteiger partial charge in [0.25, 0.3) is 10.0 Å². The zero-order valence-corrected chi connectivity index (χ0v) is 28.1. The van der Waals surface area contributed by atoms with Crippen LogP contribution in [0.15, 0.2) is 61.2 Å². The number of rotatable bonds is 11. The van der Waals surface area contributed by atoms with Gasteiger partial charge in [0.15, 0.2) is 5.82 Å². The maximum atomic E-state index is 12.6. The first-order chi connectivity index (χ1) is 23.9. The molecule has 1 aromatic carbocycles. The van der Waals surface area contributed by atoms with Crippen molar-refractivity contribution in [1.82, 2.24) is 29.0 Å². The summed E-state index contributed by atoms with van der Waals surface area (Å²) in [5, 5.41) is 24.2. The van der Waals surface area contributed by atoms with E-state index in [0.29, 0.717) is 35.9 Å². The number of hydrogen-bond acceptors (Lipinski definition) is 12. The minimum absolute atomic E-state index is 0.201. The molecule has 4 heterocycles. The van der Waals surface area contributed by atoms with Gasteiger partial charge in [0, 0.05) is 61.9 Å².